The topological polar surface area (TPSA) is 53.1 Å². The first-order valence-corrected chi connectivity index (χ1v) is 11.0. The molecule has 1 aromatic carbocycles. The number of urea groups is 1. The number of methoxy groups -OCH3 is 1. The van der Waals surface area contributed by atoms with Crippen LogP contribution in [0.4, 0.5) is 4.79 Å². The number of amides is 3. The van der Waals surface area contributed by atoms with Crippen molar-refractivity contribution in [1.82, 2.24) is 14.7 Å². The Morgan fingerprint density at radius 3 is 2.31 bits per heavy atom. The Hall–Kier alpha value is -1.92. The van der Waals surface area contributed by atoms with Crippen molar-refractivity contribution < 1.29 is 14.3 Å². The van der Waals surface area contributed by atoms with Gasteiger partial charge in [0.15, 0.2) is 0 Å². The SMILES string of the molecule is CCC(C)N1CCC2(CC1)C(=O)N(C1Cc3ccccc3C1)C(=O)N2CCOC. The van der Waals surface area contributed by atoms with Crippen LogP contribution in [0, 0.1) is 0 Å². The molecule has 0 N–H and O–H groups in total. The van der Waals surface area contributed by atoms with Gasteiger partial charge >= 0.3 is 6.03 Å². The van der Waals surface area contributed by atoms with E-state index in [9.17, 15) is 9.59 Å². The largest absolute Gasteiger partial charge is 0.383 e. The summed E-state index contributed by atoms with van der Waals surface area (Å²) >= 11 is 0. The summed E-state index contributed by atoms with van der Waals surface area (Å²) in [6.07, 6.45) is 4.05. The van der Waals surface area contributed by atoms with E-state index >= 15 is 0 Å². The van der Waals surface area contributed by atoms with E-state index in [1.807, 2.05) is 17.0 Å². The second-order valence-corrected chi connectivity index (χ2v) is 8.76. The zero-order valence-electron chi connectivity index (χ0n) is 17.9. The standard InChI is InChI=1S/C23H33N3O3/c1-4-17(2)24-11-9-23(10-12-24)21(27)26(22(28)25(23)13-14-29-3)20-15-18-7-5-6-8-19(18)16-20/h5-8,17,20H,4,9-16H2,1-3H3. The van der Waals surface area contributed by atoms with Crippen LogP contribution >= 0.6 is 0 Å². The van der Waals surface area contributed by atoms with Crippen molar-refractivity contribution in [2.45, 2.75) is 63.6 Å². The van der Waals surface area contributed by atoms with E-state index in [0.717, 1.165) is 32.4 Å². The maximum absolute atomic E-state index is 13.8. The molecule has 0 aromatic heterocycles. The minimum absolute atomic E-state index is 0.0141. The molecule has 1 spiro atoms. The molecule has 2 heterocycles. The average Bonchev–Trinajstić information content (AvgIpc) is 3.24. The third-order valence-corrected chi connectivity index (χ3v) is 7.32. The molecule has 2 aliphatic heterocycles. The van der Waals surface area contributed by atoms with Gasteiger partial charge in [0, 0.05) is 38.8 Å². The van der Waals surface area contributed by atoms with Gasteiger partial charge in [-0.1, -0.05) is 31.2 Å². The third-order valence-electron chi connectivity index (χ3n) is 7.32. The molecule has 0 saturated carbocycles. The highest BCUT2D eigenvalue weighted by atomic mass is 16.5. The summed E-state index contributed by atoms with van der Waals surface area (Å²) < 4.78 is 5.28. The lowest BCUT2D eigenvalue weighted by Crippen LogP contribution is -2.58. The van der Waals surface area contributed by atoms with Crippen molar-refractivity contribution in [3.05, 3.63) is 35.4 Å². The molecular weight excluding hydrogens is 366 g/mol. The quantitative estimate of drug-likeness (QED) is 0.690. The predicted octanol–water partition coefficient (Wildman–Crippen LogP) is 2.70. The van der Waals surface area contributed by atoms with Crippen LogP contribution in [0.5, 0.6) is 0 Å². The monoisotopic (exact) mass is 399 g/mol. The first-order valence-electron chi connectivity index (χ1n) is 11.0. The summed E-state index contributed by atoms with van der Waals surface area (Å²) in [4.78, 5) is 33.1. The number of nitrogens with zero attached hydrogens (tertiary/aromatic N) is 3. The lowest BCUT2D eigenvalue weighted by Gasteiger charge is -2.44. The van der Waals surface area contributed by atoms with Gasteiger partial charge in [-0.25, -0.2) is 4.79 Å². The molecule has 29 heavy (non-hydrogen) atoms. The van der Waals surface area contributed by atoms with E-state index in [0.29, 0.717) is 32.0 Å². The number of hydrogen-bond acceptors (Lipinski definition) is 4. The number of carbonyl (C=O) groups is 2. The smallest absolute Gasteiger partial charge is 0.328 e. The highest BCUT2D eigenvalue weighted by molar-refractivity contribution is 6.07. The van der Waals surface area contributed by atoms with Gasteiger partial charge in [0.25, 0.3) is 5.91 Å². The molecule has 4 rings (SSSR count). The number of ether oxygens (including phenoxy) is 1. The summed E-state index contributed by atoms with van der Waals surface area (Å²) in [5.41, 5.74) is 1.82. The summed E-state index contributed by atoms with van der Waals surface area (Å²) in [6, 6.07) is 8.61. The second-order valence-electron chi connectivity index (χ2n) is 8.76. The Kier molecular flexibility index (Phi) is 5.67. The molecule has 3 amide bonds. The molecule has 1 aliphatic carbocycles. The van der Waals surface area contributed by atoms with Crippen LogP contribution in [0.25, 0.3) is 0 Å². The molecule has 3 aliphatic rings. The van der Waals surface area contributed by atoms with Gasteiger partial charge in [0.1, 0.15) is 5.54 Å². The van der Waals surface area contributed by atoms with Gasteiger partial charge in [0.2, 0.25) is 0 Å². The maximum atomic E-state index is 13.8. The number of imide groups is 1. The van der Waals surface area contributed by atoms with Crippen molar-refractivity contribution in [1.29, 1.82) is 0 Å². The Bertz CT molecular complexity index is 747. The van der Waals surface area contributed by atoms with Gasteiger partial charge < -0.3 is 14.5 Å². The summed E-state index contributed by atoms with van der Waals surface area (Å²) in [6.45, 7) is 7.08. The predicted molar refractivity (Wildman–Crippen MR) is 112 cm³/mol. The Labute approximate surface area is 173 Å². The molecule has 0 bridgehead atoms. The molecule has 0 radical (unpaired) electrons. The Balaban J connectivity index is 1.58. The molecule has 1 atom stereocenters. The van der Waals surface area contributed by atoms with Crippen molar-refractivity contribution in [3.63, 3.8) is 0 Å². The molecule has 1 aromatic rings. The van der Waals surface area contributed by atoms with Crippen molar-refractivity contribution in [2.24, 2.45) is 0 Å². The molecule has 6 nitrogen and oxygen atoms in total. The molecule has 6 heteroatoms. The van der Waals surface area contributed by atoms with E-state index in [4.69, 9.17) is 4.74 Å². The van der Waals surface area contributed by atoms with Gasteiger partial charge in [-0.15, -0.1) is 0 Å². The van der Waals surface area contributed by atoms with Crippen molar-refractivity contribution in [3.8, 4) is 0 Å². The molecule has 1 unspecified atom stereocenters. The maximum Gasteiger partial charge on any atom is 0.328 e. The van der Waals surface area contributed by atoms with E-state index in [1.165, 1.54) is 11.1 Å². The molecule has 2 saturated heterocycles. The number of carbonyl (C=O) groups excluding carboxylic acids is 2. The summed E-state index contributed by atoms with van der Waals surface area (Å²) in [7, 11) is 1.64. The van der Waals surface area contributed by atoms with Crippen LogP contribution < -0.4 is 0 Å². The highest BCUT2D eigenvalue weighted by Gasteiger charge is 2.59. The number of hydrogen-bond donors (Lipinski definition) is 0. The lowest BCUT2D eigenvalue weighted by molar-refractivity contribution is -0.137. The van der Waals surface area contributed by atoms with Gasteiger partial charge in [0.05, 0.1) is 6.61 Å². The molecule has 158 valence electrons. The number of benzene rings is 1. The second kappa shape index (κ2) is 8.07. The zero-order valence-corrected chi connectivity index (χ0v) is 17.9. The minimum Gasteiger partial charge on any atom is -0.383 e. The van der Waals surface area contributed by atoms with Crippen LogP contribution in [-0.4, -0.2) is 77.6 Å². The van der Waals surface area contributed by atoms with Crippen LogP contribution in [0.3, 0.4) is 0 Å². The minimum atomic E-state index is -0.700. The van der Waals surface area contributed by atoms with E-state index in [-0.39, 0.29) is 18.0 Å². The van der Waals surface area contributed by atoms with Crippen molar-refractivity contribution >= 4 is 11.9 Å². The third kappa shape index (κ3) is 3.36. The Morgan fingerprint density at radius 1 is 1.14 bits per heavy atom. The van der Waals surface area contributed by atoms with Crippen LogP contribution in [0.2, 0.25) is 0 Å². The first-order chi connectivity index (χ1) is 14.0. The van der Waals surface area contributed by atoms with Gasteiger partial charge in [-0.3, -0.25) is 9.69 Å². The molecule has 2 fully saturated rings. The van der Waals surface area contributed by atoms with Gasteiger partial charge in [-0.05, 0) is 50.2 Å². The number of rotatable bonds is 6. The van der Waals surface area contributed by atoms with E-state index < -0.39 is 5.54 Å². The van der Waals surface area contributed by atoms with Crippen LogP contribution in [-0.2, 0) is 22.4 Å². The summed E-state index contributed by atoms with van der Waals surface area (Å²) in [5, 5.41) is 0. The zero-order chi connectivity index (χ0) is 20.6. The Morgan fingerprint density at radius 2 is 1.76 bits per heavy atom. The number of piperidine rings is 1. The van der Waals surface area contributed by atoms with Crippen LogP contribution in [0.1, 0.15) is 44.2 Å². The average molecular weight is 400 g/mol. The van der Waals surface area contributed by atoms with Crippen LogP contribution in [0.15, 0.2) is 24.3 Å². The fourth-order valence-corrected chi connectivity index (χ4v) is 5.35. The normalized spacial score (nSPS) is 23.3. The van der Waals surface area contributed by atoms with E-state index in [2.05, 4.69) is 30.9 Å². The van der Waals surface area contributed by atoms with E-state index in [1.54, 1.807) is 12.0 Å². The number of fused-ring (bicyclic) bond motifs is 1. The first kappa shape index (κ1) is 20.4. The summed E-state index contributed by atoms with van der Waals surface area (Å²) in [5.74, 6) is 0.0141. The van der Waals surface area contributed by atoms with Gasteiger partial charge in [-0.2, -0.15) is 0 Å². The molecular formula is C23H33N3O3. The fourth-order valence-electron chi connectivity index (χ4n) is 5.35. The van der Waals surface area contributed by atoms with Crippen molar-refractivity contribution in [2.75, 3.05) is 33.4 Å². The lowest BCUT2D eigenvalue weighted by atomic mass is 9.85. The highest BCUT2D eigenvalue weighted by Crippen LogP contribution is 2.40. The fraction of sp³-hybridized carbons (Fsp3) is 0.652. The number of likely N-dealkylation sites (tertiary alicyclic amines) is 1.